The molecule has 3 rings (SSSR count). The second-order valence-corrected chi connectivity index (χ2v) is 7.00. The van der Waals surface area contributed by atoms with Crippen LogP contribution < -0.4 is 10.2 Å². The van der Waals surface area contributed by atoms with Gasteiger partial charge in [-0.2, -0.15) is 0 Å². The van der Waals surface area contributed by atoms with Gasteiger partial charge in [-0.05, 0) is 37.6 Å². The molecule has 0 aliphatic carbocycles. The summed E-state index contributed by atoms with van der Waals surface area (Å²) in [5.74, 6) is 1.00. The summed E-state index contributed by atoms with van der Waals surface area (Å²) in [5, 5.41) is 3.49. The summed E-state index contributed by atoms with van der Waals surface area (Å²) in [6, 6.07) is 6.99. The summed E-state index contributed by atoms with van der Waals surface area (Å²) in [4.78, 5) is 36.8. The molecule has 2 amide bonds. The Morgan fingerprint density at radius 2 is 1.78 bits per heavy atom. The number of benzene rings is 1. The molecule has 1 aromatic heterocycles. The minimum atomic E-state index is -0.297. The van der Waals surface area contributed by atoms with E-state index in [2.05, 4.69) is 20.2 Å². The van der Waals surface area contributed by atoms with Crippen molar-refractivity contribution in [3.63, 3.8) is 0 Å². The first kappa shape index (κ1) is 19.1. The fraction of sp³-hybridized carbons (Fsp3) is 0.368. The monoisotopic (exact) mass is 387 g/mol. The number of anilines is 2. The Bertz CT molecular complexity index is 878. The van der Waals surface area contributed by atoms with E-state index in [9.17, 15) is 9.59 Å². The van der Waals surface area contributed by atoms with Crippen LogP contribution in [0.2, 0.25) is 5.02 Å². The van der Waals surface area contributed by atoms with Crippen molar-refractivity contribution in [1.82, 2.24) is 14.9 Å². The van der Waals surface area contributed by atoms with Gasteiger partial charge in [-0.15, -0.1) is 0 Å². The molecule has 0 spiro atoms. The molecule has 2 heterocycles. The van der Waals surface area contributed by atoms with Crippen molar-refractivity contribution in [1.29, 1.82) is 0 Å². The highest BCUT2D eigenvalue weighted by Gasteiger charge is 2.21. The van der Waals surface area contributed by atoms with Crippen LogP contribution >= 0.6 is 11.6 Å². The van der Waals surface area contributed by atoms with Crippen LogP contribution in [0.3, 0.4) is 0 Å². The van der Waals surface area contributed by atoms with Crippen molar-refractivity contribution in [2.24, 2.45) is 0 Å². The van der Waals surface area contributed by atoms with Gasteiger partial charge in [0, 0.05) is 49.9 Å². The number of nitrogens with one attached hydrogen (secondary N) is 1. The number of carbonyl (C=O) groups is 2. The molecule has 0 radical (unpaired) electrons. The van der Waals surface area contributed by atoms with E-state index in [-0.39, 0.29) is 11.8 Å². The molecule has 1 saturated heterocycles. The Balaban J connectivity index is 1.77. The Labute approximate surface area is 163 Å². The first-order chi connectivity index (χ1) is 12.8. The number of hydrogen-bond acceptors (Lipinski definition) is 5. The van der Waals surface area contributed by atoms with Gasteiger partial charge < -0.3 is 15.1 Å². The summed E-state index contributed by atoms with van der Waals surface area (Å²) >= 11 is 5.96. The summed E-state index contributed by atoms with van der Waals surface area (Å²) in [6.45, 7) is 7.85. The third-order valence-electron chi connectivity index (χ3n) is 4.54. The van der Waals surface area contributed by atoms with Gasteiger partial charge in [0.25, 0.3) is 5.91 Å². The molecule has 7 nitrogen and oxygen atoms in total. The van der Waals surface area contributed by atoms with E-state index in [0.717, 1.165) is 5.56 Å². The average molecular weight is 388 g/mol. The first-order valence-corrected chi connectivity index (χ1v) is 9.15. The predicted octanol–water partition coefficient (Wildman–Crippen LogP) is 2.67. The molecule has 1 aromatic carbocycles. The molecule has 1 aliphatic rings. The quantitative estimate of drug-likeness (QED) is 0.875. The summed E-state index contributed by atoms with van der Waals surface area (Å²) < 4.78 is 0. The fourth-order valence-electron chi connectivity index (χ4n) is 3.03. The van der Waals surface area contributed by atoms with E-state index < -0.39 is 0 Å². The Morgan fingerprint density at radius 3 is 2.41 bits per heavy atom. The minimum absolute atomic E-state index is 0.0759. The van der Waals surface area contributed by atoms with Crippen molar-refractivity contribution in [3.8, 4) is 0 Å². The van der Waals surface area contributed by atoms with E-state index in [1.54, 1.807) is 38.1 Å². The molecular weight excluding hydrogens is 366 g/mol. The maximum Gasteiger partial charge on any atom is 0.274 e. The Hall–Kier alpha value is -2.67. The van der Waals surface area contributed by atoms with Gasteiger partial charge in [-0.3, -0.25) is 9.59 Å². The number of hydrogen-bond donors (Lipinski definition) is 1. The van der Waals surface area contributed by atoms with Crippen LogP contribution in [0.15, 0.2) is 24.3 Å². The lowest BCUT2D eigenvalue weighted by atomic mass is 10.2. The van der Waals surface area contributed by atoms with Crippen LogP contribution in [-0.4, -0.2) is 52.9 Å². The molecule has 0 unspecified atom stereocenters. The molecule has 0 saturated carbocycles. The predicted molar refractivity (Wildman–Crippen MR) is 105 cm³/mol. The number of amides is 2. The average Bonchev–Trinajstić information content (AvgIpc) is 2.63. The van der Waals surface area contributed by atoms with Crippen LogP contribution in [0.1, 0.15) is 28.8 Å². The standard InChI is InChI=1S/C19H22ClN5O2/c1-12-10-15(20)4-5-16(12)23-19(27)17-11-18(22-13(2)21-17)25-8-6-24(7-9-25)14(3)26/h4-5,10-11H,6-9H2,1-3H3,(H,23,27). The molecule has 0 bridgehead atoms. The van der Waals surface area contributed by atoms with E-state index in [1.165, 1.54) is 0 Å². The number of halogens is 1. The van der Waals surface area contributed by atoms with Crippen LogP contribution in [-0.2, 0) is 4.79 Å². The number of piperazine rings is 1. The van der Waals surface area contributed by atoms with Gasteiger partial charge >= 0.3 is 0 Å². The topological polar surface area (TPSA) is 78.4 Å². The van der Waals surface area contributed by atoms with Crippen LogP contribution in [0.25, 0.3) is 0 Å². The van der Waals surface area contributed by atoms with Gasteiger partial charge in [-0.1, -0.05) is 11.6 Å². The SMILES string of the molecule is CC(=O)N1CCN(c2cc(C(=O)Nc3ccc(Cl)cc3C)nc(C)n2)CC1. The summed E-state index contributed by atoms with van der Waals surface area (Å²) in [7, 11) is 0. The normalized spacial score (nSPS) is 14.2. The third kappa shape index (κ3) is 4.54. The summed E-state index contributed by atoms with van der Waals surface area (Å²) in [6.07, 6.45) is 0. The maximum atomic E-state index is 12.7. The van der Waals surface area contributed by atoms with Gasteiger partial charge in [0.1, 0.15) is 17.3 Å². The van der Waals surface area contributed by atoms with Crippen molar-refractivity contribution in [3.05, 3.63) is 46.4 Å². The summed E-state index contributed by atoms with van der Waals surface area (Å²) in [5.41, 5.74) is 1.88. The van der Waals surface area contributed by atoms with Crippen LogP contribution in [0, 0.1) is 13.8 Å². The Morgan fingerprint density at radius 1 is 1.07 bits per heavy atom. The molecule has 142 valence electrons. The number of nitrogens with zero attached hydrogens (tertiary/aromatic N) is 4. The smallest absolute Gasteiger partial charge is 0.274 e. The zero-order valence-corrected chi connectivity index (χ0v) is 16.4. The lowest BCUT2D eigenvalue weighted by Crippen LogP contribution is -2.48. The fourth-order valence-corrected chi connectivity index (χ4v) is 3.26. The number of aryl methyl sites for hydroxylation is 2. The highest BCUT2D eigenvalue weighted by Crippen LogP contribution is 2.21. The van der Waals surface area contributed by atoms with Crippen LogP contribution in [0.4, 0.5) is 11.5 Å². The van der Waals surface area contributed by atoms with Crippen molar-refractivity contribution in [2.75, 3.05) is 36.4 Å². The van der Waals surface area contributed by atoms with Crippen molar-refractivity contribution >= 4 is 34.9 Å². The maximum absolute atomic E-state index is 12.7. The second-order valence-electron chi connectivity index (χ2n) is 6.57. The zero-order chi connectivity index (χ0) is 19.6. The van der Waals surface area contributed by atoms with Crippen molar-refractivity contribution < 1.29 is 9.59 Å². The number of rotatable bonds is 3. The zero-order valence-electron chi connectivity index (χ0n) is 15.6. The Kier molecular flexibility index (Phi) is 5.60. The number of carbonyl (C=O) groups excluding carboxylic acids is 2. The van der Waals surface area contributed by atoms with Crippen molar-refractivity contribution in [2.45, 2.75) is 20.8 Å². The van der Waals surface area contributed by atoms with E-state index in [1.807, 2.05) is 11.8 Å². The number of aromatic nitrogens is 2. The van der Waals surface area contributed by atoms with Gasteiger partial charge in [0.15, 0.2) is 0 Å². The second kappa shape index (κ2) is 7.92. The van der Waals surface area contributed by atoms with Gasteiger partial charge in [0.05, 0.1) is 0 Å². The molecule has 2 aromatic rings. The molecule has 8 heteroatoms. The van der Waals surface area contributed by atoms with E-state index >= 15 is 0 Å². The molecule has 1 aliphatic heterocycles. The third-order valence-corrected chi connectivity index (χ3v) is 4.78. The molecule has 0 atom stereocenters. The highest BCUT2D eigenvalue weighted by molar-refractivity contribution is 6.30. The lowest BCUT2D eigenvalue weighted by molar-refractivity contribution is -0.129. The first-order valence-electron chi connectivity index (χ1n) is 8.77. The van der Waals surface area contributed by atoms with E-state index in [4.69, 9.17) is 11.6 Å². The largest absolute Gasteiger partial charge is 0.353 e. The lowest BCUT2D eigenvalue weighted by Gasteiger charge is -2.35. The van der Waals surface area contributed by atoms with Gasteiger partial charge in [-0.25, -0.2) is 9.97 Å². The highest BCUT2D eigenvalue weighted by atomic mass is 35.5. The minimum Gasteiger partial charge on any atom is -0.353 e. The molecular formula is C19H22ClN5O2. The molecule has 1 fully saturated rings. The molecule has 1 N–H and O–H groups in total. The molecule has 27 heavy (non-hydrogen) atoms. The van der Waals surface area contributed by atoms with Gasteiger partial charge in [0.2, 0.25) is 5.91 Å². The van der Waals surface area contributed by atoms with Crippen LogP contribution in [0.5, 0.6) is 0 Å². The van der Waals surface area contributed by atoms with E-state index in [0.29, 0.717) is 54.2 Å².